The van der Waals surface area contributed by atoms with Crippen LogP contribution in [0.2, 0.25) is 0 Å². The van der Waals surface area contributed by atoms with E-state index in [0.29, 0.717) is 0 Å². The summed E-state index contributed by atoms with van der Waals surface area (Å²) in [6, 6.07) is 5.96. The van der Waals surface area contributed by atoms with Crippen molar-refractivity contribution in [2.75, 3.05) is 13.7 Å². The number of fused-ring (bicyclic) bond motifs is 1. The molecule has 1 aliphatic rings. The fourth-order valence-electron chi connectivity index (χ4n) is 3.66. The van der Waals surface area contributed by atoms with Gasteiger partial charge in [-0.1, -0.05) is 0 Å². The second-order valence-corrected chi connectivity index (χ2v) is 7.63. The van der Waals surface area contributed by atoms with Crippen LogP contribution >= 0.6 is 0 Å². The Labute approximate surface area is 191 Å². The highest BCUT2D eigenvalue weighted by atomic mass is 16.7. The zero-order chi connectivity index (χ0) is 24.7. The number of aliphatic hydroxyl groups excluding tert-OH is 4. The van der Waals surface area contributed by atoms with E-state index < -0.39 is 60.0 Å². The molecular formula is C22H22O12. The summed E-state index contributed by atoms with van der Waals surface area (Å²) < 4.78 is 21.7. The van der Waals surface area contributed by atoms with Crippen LogP contribution in [0.15, 0.2) is 39.5 Å². The monoisotopic (exact) mass is 478 g/mol. The second kappa shape index (κ2) is 9.00. The SMILES string of the molecule is COc1c(-c2ccc(O)c(O)c2)oc2cc(O[C@@H]3OC(CO)[C@H](O)[C@H](O)C3O)cc(O)c2c1=O. The van der Waals surface area contributed by atoms with Crippen LogP contribution in [0.25, 0.3) is 22.3 Å². The maximum Gasteiger partial charge on any atom is 0.239 e. The molecule has 3 aromatic rings. The molecular weight excluding hydrogens is 456 g/mol. The number of ether oxygens (including phenoxy) is 3. The Morgan fingerprint density at radius 2 is 1.68 bits per heavy atom. The van der Waals surface area contributed by atoms with Gasteiger partial charge in [0.2, 0.25) is 17.5 Å². The molecule has 12 heteroatoms. The normalized spacial score (nSPS) is 24.8. The quantitative estimate of drug-likeness (QED) is 0.238. The first-order chi connectivity index (χ1) is 16.2. The van der Waals surface area contributed by atoms with E-state index >= 15 is 0 Å². The van der Waals surface area contributed by atoms with Crippen molar-refractivity contribution in [1.29, 1.82) is 0 Å². The molecule has 2 aromatic carbocycles. The number of methoxy groups -OCH3 is 1. The number of hydrogen-bond donors (Lipinski definition) is 7. The molecule has 0 bridgehead atoms. The fourth-order valence-corrected chi connectivity index (χ4v) is 3.66. The second-order valence-electron chi connectivity index (χ2n) is 7.63. The van der Waals surface area contributed by atoms with Gasteiger partial charge < -0.3 is 54.4 Å². The minimum atomic E-state index is -1.70. The van der Waals surface area contributed by atoms with Gasteiger partial charge in [0.15, 0.2) is 17.3 Å². The highest BCUT2D eigenvalue weighted by Crippen LogP contribution is 2.38. The van der Waals surface area contributed by atoms with Gasteiger partial charge in [-0.15, -0.1) is 0 Å². The van der Waals surface area contributed by atoms with Crippen LogP contribution in [0.3, 0.4) is 0 Å². The van der Waals surface area contributed by atoms with Crippen molar-refractivity contribution in [3.8, 4) is 40.1 Å². The van der Waals surface area contributed by atoms with E-state index in [1.807, 2.05) is 0 Å². The molecule has 1 saturated heterocycles. The van der Waals surface area contributed by atoms with Crippen LogP contribution in [0.1, 0.15) is 0 Å². The van der Waals surface area contributed by atoms with Crippen molar-refractivity contribution in [3.05, 3.63) is 40.6 Å². The molecule has 7 N–H and O–H groups in total. The number of aliphatic hydroxyl groups is 4. The molecule has 0 aliphatic carbocycles. The number of hydrogen-bond acceptors (Lipinski definition) is 12. The van der Waals surface area contributed by atoms with E-state index in [0.717, 1.165) is 12.1 Å². The van der Waals surface area contributed by atoms with Crippen LogP contribution in [-0.4, -0.2) is 80.2 Å². The highest BCUT2D eigenvalue weighted by Gasteiger charge is 2.44. The fraction of sp³-hybridized carbons (Fsp3) is 0.318. The van der Waals surface area contributed by atoms with Crippen molar-refractivity contribution in [2.45, 2.75) is 30.7 Å². The van der Waals surface area contributed by atoms with Crippen molar-refractivity contribution in [3.63, 3.8) is 0 Å². The summed E-state index contributed by atoms with van der Waals surface area (Å²) >= 11 is 0. The van der Waals surface area contributed by atoms with Gasteiger partial charge in [-0.05, 0) is 18.2 Å². The molecule has 0 amide bonds. The average molecular weight is 478 g/mol. The average Bonchev–Trinajstić information content (AvgIpc) is 2.80. The van der Waals surface area contributed by atoms with Crippen LogP contribution in [-0.2, 0) is 4.74 Å². The van der Waals surface area contributed by atoms with Crippen LogP contribution < -0.4 is 14.9 Å². The number of rotatable bonds is 5. The Bertz CT molecular complexity index is 1270. The number of phenols is 3. The summed E-state index contributed by atoms with van der Waals surface area (Å²) in [7, 11) is 1.22. The minimum Gasteiger partial charge on any atom is -0.507 e. The number of phenolic OH excluding ortho intramolecular Hbond substituents is 3. The molecule has 4 rings (SSSR count). The van der Waals surface area contributed by atoms with Gasteiger partial charge in [-0.2, -0.15) is 0 Å². The molecule has 1 aliphatic heterocycles. The summed E-state index contributed by atoms with van der Waals surface area (Å²) in [5.74, 6) is -1.93. The molecule has 34 heavy (non-hydrogen) atoms. The van der Waals surface area contributed by atoms with Crippen molar-refractivity contribution in [1.82, 2.24) is 0 Å². The molecule has 182 valence electrons. The first kappa shape index (κ1) is 23.6. The van der Waals surface area contributed by atoms with Gasteiger partial charge >= 0.3 is 0 Å². The van der Waals surface area contributed by atoms with E-state index in [1.54, 1.807) is 0 Å². The third kappa shape index (κ3) is 3.97. The Kier molecular flexibility index (Phi) is 6.25. The lowest BCUT2D eigenvalue weighted by Gasteiger charge is -2.39. The lowest BCUT2D eigenvalue weighted by Crippen LogP contribution is -2.60. The maximum atomic E-state index is 13.0. The zero-order valence-corrected chi connectivity index (χ0v) is 17.7. The predicted molar refractivity (Wildman–Crippen MR) is 114 cm³/mol. The van der Waals surface area contributed by atoms with Gasteiger partial charge in [0.1, 0.15) is 46.9 Å². The van der Waals surface area contributed by atoms with Crippen molar-refractivity contribution >= 4 is 11.0 Å². The number of benzene rings is 2. The molecule has 2 heterocycles. The molecule has 1 aromatic heterocycles. The summed E-state index contributed by atoms with van der Waals surface area (Å²) in [6.45, 7) is -0.661. The lowest BCUT2D eigenvalue weighted by atomic mass is 9.99. The van der Waals surface area contributed by atoms with Gasteiger partial charge in [0, 0.05) is 17.7 Å². The summed E-state index contributed by atoms with van der Waals surface area (Å²) in [5, 5.41) is 69.0. The minimum absolute atomic E-state index is 0.111. The van der Waals surface area contributed by atoms with Crippen LogP contribution in [0.4, 0.5) is 0 Å². The maximum absolute atomic E-state index is 13.0. The third-order valence-electron chi connectivity index (χ3n) is 5.45. The lowest BCUT2D eigenvalue weighted by molar-refractivity contribution is -0.277. The molecule has 5 atom stereocenters. The zero-order valence-electron chi connectivity index (χ0n) is 17.7. The molecule has 0 saturated carbocycles. The molecule has 12 nitrogen and oxygen atoms in total. The van der Waals surface area contributed by atoms with E-state index in [2.05, 4.69) is 0 Å². The van der Waals surface area contributed by atoms with Crippen LogP contribution in [0.5, 0.6) is 28.7 Å². The Balaban J connectivity index is 1.79. The highest BCUT2D eigenvalue weighted by molar-refractivity contribution is 5.88. The smallest absolute Gasteiger partial charge is 0.239 e. The van der Waals surface area contributed by atoms with Gasteiger partial charge in [0.25, 0.3) is 0 Å². The molecule has 0 radical (unpaired) electrons. The Morgan fingerprint density at radius 3 is 2.32 bits per heavy atom. The molecule has 2 unspecified atom stereocenters. The molecule has 0 spiro atoms. The first-order valence-electron chi connectivity index (χ1n) is 10.0. The van der Waals surface area contributed by atoms with Gasteiger partial charge in [0.05, 0.1) is 13.7 Å². The topological polar surface area (TPSA) is 200 Å². The number of aromatic hydroxyl groups is 3. The van der Waals surface area contributed by atoms with Gasteiger partial charge in [-0.3, -0.25) is 4.79 Å². The van der Waals surface area contributed by atoms with Crippen molar-refractivity contribution < 1.29 is 54.4 Å². The largest absolute Gasteiger partial charge is 0.507 e. The summed E-state index contributed by atoms with van der Waals surface area (Å²) in [6.07, 6.45) is -7.71. The van der Waals surface area contributed by atoms with Crippen LogP contribution in [0, 0.1) is 0 Å². The van der Waals surface area contributed by atoms with Gasteiger partial charge in [-0.25, -0.2) is 0 Å². The Morgan fingerprint density at radius 1 is 0.941 bits per heavy atom. The summed E-state index contributed by atoms with van der Waals surface area (Å²) in [4.78, 5) is 13.0. The third-order valence-corrected chi connectivity index (χ3v) is 5.45. The van der Waals surface area contributed by atoms with E-state index in [-0.39, 0.29) is 33.8 Å². The Hall–Kier alpha value is -3.55. The summed E-state index contributed by atoms with van der Waals surface area (Å²) in [5.41, 5.74) is -0.706. The predicted octanol–water partition coefficient (Wildman–Crippen LogP) is -0.236. The van der Waals surface area contributed by atoms with Crippen molar-refractivity contribution in [2.24, 2.45) is 0 Å². The molecule has 1 fully saturated rings. The van der Waals surface area contributed by atoms with E-state index in [4.69, 9.17) is 18.6 Å². The standard InChI is InChI=1S/C22H22O12/c1-31-21-17(28)15-12(26)5-9(32-22-19(30)18(29)16(27)14(7-23)34-22)6-13(15)33-20(21)8-2-3-10(24)11(25)4-8/h2-6,14,16,18-19,22-27,29-30H,7H2,1H3/t14?,16-,18-,19?,22+/m0/s1. The van der Waals surface area contributed by atoms with E-state index in [1.165, 1.54) is 25.3 Å². The van der Waals surface area contributed by atoms with E-state index in [9.17, 15) is 40.5 Å². The first-order valence-corrected chi connectivity index (χ1v) is 10.0.